The maximum absolute atomic E-state index is 12.7. The van der Waals surface area contributed by atoms with Crippen molar-refractivity contribution in [3.8, 4) is 0 Å². The fourth-order valence-electron chi connectivity index (χ4n) is 3.82. The summed E-state index contributed by atoms with van der Waals surface area (Å²) >= 11 is 6.07. The molecule has 0 aromatic heterocycles. The lowest BCUT2D eigenvalue weighted by atomic mass is 10.0. The number of hydrogen-bond acceptors (Lipinski definition) is 5. The first kappa shape index (κ1) is 20.5. The van der Waals surface area contributed by atoms with Gasteiger partial charge in [0.2, 0.25) is 5.91 Å². The predicted molar refractivity (Wildman–Crippen MR) is 105 cm³/mol. The molecule has 2 aliphatic heterocycles. The lowest BCUT2D eigenvalue weighted by Crippen LogP contribution is -2.53. The van der Waals surface area contributed by atoms with Gasteiger partial charge in [0.1, 0.15) is 0 Å². The summed E-state index contributed by atoms with van der Waals surface area (Å²) in [6, 6.07) is 4.18. The first-order chi connectivity index (χ1) is 13.4. The number of piperidine rings is 1. The molecule has 8 nitrogen and oxygen atoms in total. The molecule has 9 heteroatoms. The van der Waals surface area contributed by atoms with Crippen molar-refractivity contribution in [2.45, 2.75) is 32.2 Å². The third kappa shape index (κ3) is 4.62. The maximum atomic E-state index is 12.7. The van der Waals surface area contributed by atoms with Crippen LogP contribution >= 0.6 is 11.6 Å². The Morgan fingerprint density at radius 3 is 2.50 bits per heavy atom. The number of nitro groups is 1. The first-order valence-corrected chi connectivity index (χ1v) is 9.99. The predicted octanol–water partition coefficient (Wildman–Crippen LogP) is 2.41. The molecule has 0 aliphatic carbocycles. The largest absolute Gasteiger partial charge is 0.339 e. The Morgan fingerprint density at radius 2 is 1.89 bits per heavy atom. The van der Waals surface area contributed by atoms with Crippen LogP contribution in [0.15, 0.2) is 18.2 Å². The summed E-state index contributed by atoms with van der Waals surface area (Å²) in [7, 11) is 0. The van der Waals surface area contributed by atoms with E-state index in [1.807, 2.05) is 4.90 Å². The van der Waals surface area contributed by atoms with Gasteiger partial charge in [-0.1, -0.05) is 11.6 Å². The minimum Gasteiger partial charge on any atom is -0.339 e. The number of carbonyl (C=O) groups is 2. The van der Waals surface area contributed by atoms with E-state index >= 15 is 0 Å². The molecular formula is C19H25ClN4O4. The minimum atomic E-state index is -0.543. The number of likely N-dealkylation sites (tertiary alicyclic amines) is 1. The van der Waals surface area contributed by atoms with Crippen molar-refractivity contribution in [1.82, 2.24) is 14.7 Å². The number of carbonyl (C=O) groups excluding carboxylic acids is 2. The van der Waals surface area contributed by atoms with Gasteiger partial charge >= 0.3 is 0 Å². The Labute approximate surface area is 169 Å². The topological polar surface area (TPSA) is 87.0 Å². The second kappa shape index (κ2) is 8.87. The second-order valence-electron chi connectivity index (χ2n) is 7.42. The summed E-state index contributed by atoms with van der Waals surface area (Å²) in [6.07, 6.45) is 3.30. The molecule has 28 heavy (non-hydrogen) atoms. The average molecular weight is 409 g/mol. The standard InChI is InChI=1S/C19H25ClN4O4/c1-14-4-2-3-7-23(14)18(25)13-21-8-10-22(11-9-21)19(26)16-6-5-15(24(27)28)12-17(16)20/h5-6,12,14H,2-4,7-11,13H2,1H3. The Morgan fingerprint density at radius 1 is 1.18 bits per heavy atom. The van der Waals surface area contributed by atoms with Crippen LogP contribution in [0.2, 0.25) is 5.02 Å². The number of hydrogen-bond donors (Lipinski definition) is 0. The molecular weight excluding hydrogens is 384 g/mol. The van der Waals surface area contributed by atoms with Gasteiger partial charge in [-0.2, -0.15) is 0 Å². The van der Waals surface area contributed by atoms with Crippen LogP contribution in [0.5, 0.6) is 0 Å². The molecule has 1 unspecified atom stereocenters. The smallest absolute Gasteiger partial charge is 0.270 e. The number of benzene rings is 1. The van der Waals surface area contributed by atoms with Crippen molar-refractivity contribution >= 4 is 29.1 Å². The summed E-state index contributed by atoms with van der Waals surface area (Å²) in [6.45, 7) is 5.53. The van der Waals surface area contributed by atoms with Crippen molar-refractivity contribution in [3.63, 3.8) is 0 Å². The average Bonchev–Trinajstić information content (AvgIpc) is 2.68. The number of nitrogens with zero attached hydrogens (tertiary/aromatic N) is 4. The fourth-order valence-corrected chi connectivity index (χ4v) is 4.08. The second-order valence-corrected chi connectivity index (χ2v) is 7.83. The zero-order valence-corrected chi connectivity index (χ0v) is 16.7. The van der Waals surface area contributed by atoms with Crippen LogP contribution in [-0.4, -0.2) is 76.7 Å². The summed E-state index contributed by atoms with van der Waals surface area (Å²) in [5, 5.41) is 10.9. The van der Waals surface area contributed by atoms with Crippen LogP contribution in [0.4, 0.5) is 5.69 Å². The highest BCUT2D eigenvalue weighted by atomic mass is 35.5. The zero-order chi connectivity index (χ0) is 20.3. The summed E-state index contributed by atoms with van der Waals surface area (Å²) in [5.41, 5.74) is 0.121. The lowest BCUT2D eigenvalue weighted by molar-refractivity contribution is -0.384. The molecule has 0 bridgehead atoms. The van der Waals surface area contributed by atoms with Crippen LogP contribution in [0.1, 0.15) is 36.5 Å². The highest BCUT2D eigenvalue weighted by molar-refractivity contribution is 6.34. The molecule has 1 aromatic carbocycles. The van der Waals surface area contributed by atoms with Gasteiger partial charge in [0, 0.05) is 50.9 Å². The van der Waals surface area contributed by atoms with Crippen LogP contribution in [0, 0.1) is 10.1 Å². The molecule has 0 N–H and O–H groups in total. The molecule has 2 saturated heterocycles. The normalized spacial score (nSPS) is 20.9. The van der Waals surface area contributed by atoms with E-state index in [9.17, 15) is 19.7 Å². The van der Waals surface area contributed by atoms with Crippen molar-refractivity contribution in [2.24, 2.45) is 0 Å². The first-order valence-electron chi connectivity index (χ1n) is 9.62. The van der Waals surface area contributed by atoms with Gasteiger partial charge in [0.15, 0.2) is 0 Å². The molecule has 152 valence electrons. The Bertz CT molecular complexity index is 764. The molecule has 3 rings (SSSR count). The summed E-state index contributed by atoms with van der Waals surface area (Å²) in [4.78, 5) is 41.3. The molecule has 0 saturated carbocycles. The van der Waals surface area contributed by atoms with Crippen molar-refractivity contribution in [2.75, 3.05) is 39.3 Å². The van der Waals surface area contributed by atoms with E-state index in [4.69, 9.17) is 11.6 Å². The number of non-ortho nitro benzene ring substituents is 1. The highest BCUT2D eigenvalue weighted by Crippen LogP contribution is 2.24. The van der Waals surface area contributed by atoms with Gasteiger partial charge in [-0.15, -0.1) is 0 Å². The van der Waals surface area contributed by atoms with Crippen molar-refractivity contribution in [3.05, 3.63) is 38.9 Å². The van der Waals surface area contributed by atoms with E-state index in [1.165, 1.54) is 24.6 Å². The summed E-state index contributed by atoms with van der Waals surface area (Å²) in [5.74, 6) is -0.0825. The van der Waals surface area contributed by atoms with E-state index in [0.29, 0.717) is 38.8 Å². The molecule has 2 fully saturated rings. The molecule has 2 heterocycles. The summed E-state index contributed by atoms with van der Waals surface area (Å²) < 4.78 is 0. The van der Waals surface area contributed by atoms with Crippen LogP contribution in [0.25, 0.3) is 0 Å². The highest BCUT2D eigenvalue weighted by Gasteiger charge is 2.28. The van der Waals surface area contributed by atoms with Gasteiger partial charge in [0.25, 0.3) is 11.6 Å². The SMILES string of the molecule is CC1CCCCN1C(=O)CN1CCN(C(=O)c2ccc([N+](=O)[O-])cc2Cl)CC1. The van der Waals surface area contributed by atoms with E-state index in [1.54, 1.807) is 4.90 Å². The Hall–Kier alpha value is -2.19. The van der Waals surface area contributed by atoms with E-state index in [-0.39, 0.29) is 28.1 Å². The van der Waals surface area contributed by atoms with E-state index in [2.05, 4.69) is 11.8 Å². The minimum absolute atomic E-state index is 0.0795. The molecule has 0 radical (unpaired) electrons. The van der Waals surface area contributed by atoms with Crippen LogP contribution < -0.4 is 0 Å². The molecule has 1 aromatic rings. The number of halogens is 1. The van der Waals surface area contributed by atoms with E-state index in [0.717, 1.165) is 19.4 Å². The number of piperazine rings is 1. The lowest BCUT2D eigenvalue weighted by Gasteiger charge is -2.38. The van der Waals surface area contributed by atoms with Gasteiger partial charge in [0.05, 0.1) is 22.1 Å². The van der Waals surface area contributed by atoms with Gasteiger partial charge in [-0.3, -0.25) is 24.6 Å². The van der Waals surface area contributed by atoms with Crippen LogP contribution in [-0.2, 0) is 4.79 Å². The van der Waals surface area contributed by atoms with Crippen LogP contribution in [0.3, 0.4) is 0 Å². The molecule has 2 amide bonds. The monoisotopic (exact) mass is 408 g/mol. The molecule has 2 aliphatic rings. The number of rotatable bonds is 4. The third-order valence-corrected chi connectivity index (χ3v) is 5.85. The van der Waals surface area contributed by atoms with Gasteiger partial charge < -0.3 is 9.80 Å². The van der Waals surface area contributed by atoms with E-state index < -0.39 is 4.92 Å². The fraction of sp³-hybridized carbons (Fsp3) is 0.579. The maximum Gasteiger partial charge on any atom is 0.270 e. The van der Waals surface area contributed by atoms with Crippen molar-refractivity contribution in [1.29, 1.82) is 0 Å². The quantitative estimate of drug-likeness (QED) is 0.564. The van der Waals surface area contributed by atoms with Gasteiger partial charge in [-0.05, 0) is 32.3 Å². The van der Waals surface area contributed by atoms with Crippen molar-refractivity contribution < 1.29 is 14.5 Å². The molecule has 0 spiro atoms. The van der Waals surface area contributed by atoms with Gasteiger partial charge in [-0.25, -0.2) is 0 Å². The number of nitro benzene ring substituents is 1. The Kier molecular flexibility index (Phi) is 6.51. The third-order valence-electron chi connectivity index (χ3n) is 5.54. The zero-order valence-electron chi connectivity index (χ0n) is 16.0. The molecule has 1 atom stereocenters. The number of amides is 2. The Balaban J connectivity index is 1.54.